The number of alkyl halides is 3. The van der Waals surface area contributed by atoms with Crippen LogP contribution in [0.1, 0.15) is 57.3 Å². The van der Waals surface area contributed by atoms with Crippen molar-refractivity contribution in [2.24, 2.45) is 5.92 Å². The van der Waals surface area contributed by atoms with Gasteiger partial charge in [0.05, 0.1) is 41.1 Å². The summed E-state index contributed by atoms with van der Waals surface area (Å²) in [5, 5.41) is 27.8. The first-order valence-electron chi connectivity index (χ1n) is 13.1. The molecule has 1 fully saturated rings. The lowest BCUT2D eigenvalue weighted by molar-refractivity contribution is -0.154. The average molecular weight is 602 g/mol. The van der Waals surface area contributed by atoms with Gasteiger partial charge in [-0.25, -0.2) is 17.8 Å². The van der Waals surface area contributed by atoms with E-state index in [0.29, 0.717) is 17.7 Å². The maximum Gasteiger partial charge on any atom is 0.422 e. The van der Waals surface area contributed by atoms with Crippen LogP contribution in [0, 0.1) is 23.1 Å². The second-order valence-corrected chi connectivity index (χ2v) is 13.5. The van der Waals surface area contributed by atoms with E-state index in [0.717, 1.165) is 12.3 Å². The number of pyridine rings is 1. The number of hydrogen-bond acceptors (Lipinski definition) is 8. The third kappa shape index (κ3) is 6.81. The Bertz CT molecular complexity index is 1460. The number of amides is 1. The fourth-order valence-corrected chi connectivity index (χ4v) is 6.54. The summed E-state index contributed by atoms with van der Waals surface area (Å²) in [5.74, 6) is -2.75. The molecule has 3 heterocycles. The van der Waals surface area contributed by atoms with Crippen molar-refractivity contribution in [2.75, 3.05) is 18.1 Å². The van der Waals surface area contributed by atoms with Gasteiger partial charge in [0.1, 0.15) is 5.54 Å². The molecule has 0 aromatic carbocycles. The Morgan fingerprint density at radius 1 is 1.34 bits per heavy atom. The molecular formula is C26H31F4N5O5S. The maximum atomic E-state index is 15.0. The van der Waals surface area contributed by atoms with E-state index < -0.39 is 63.3 Å². The van der Waals surface area contributed by atoms with Crippen molar-refractivity contribution in [1.29, 1.82) is 5.26 Å². The molecule has 1 aliphatic heterocycles. The zero-order chi connectivity index (χ0) is 30.4. The number of aliphatic hydroxyl groups is 1. The first-order chi connectivity index (χ1) is 18.9. The molecule has 15 heteroatoms. The molecule has 0 spiro atoms. The van der Waals surface area contributed by atoms with Crippen LogP contribution in [0.2, 0.25) is 0 Å². The smallest absolute Gasteiger partial charge is 0.422 e. The molecule has 1 unspecified atom stereocenters. The van der Waals surface area contributed by atoms with E-state index in [9.17, 15) is 41.1 Å². The number of carbonyl (C=O) groups is 1. The van der Waals surface area contributed by atoms with Crippen molar-refractivity contribution >= 4 is 15.7 Å². The van der Waals surface area contributed by atoms with Gasteiger partial charge in [-0.05, 0) is 46.5 Å². The van der Waals surface area contributed by atoms with E-state index in [1.165, 1.54) is 4.68 Å². The first kappa shape index (κ1) is 30.7. The van der Waals surface area contributed by atoms with Crippen molar-refractivity contribution in [2.45, 2.75) is 76.2 Å². The number of ether oxygens (including phenoxy) is 1. The van der Waals surface area contributed by atoms with Gasteiger partial charge in [-0.1, -0.05) is 0 Å². The average Bonchev–Trinajstić information content (AvgIpc) is 3.26. The Kier molecular flexibility index (Phi) is 8.14. The molecule has 10 nitrogen and oxygen atoms in total. The van der Waals surface area contributed by atoms with Crippen molar-refractivity contribution in [3.63, 3.8) is 0 Å². The number of nitrogens with one attached hydrogen (secondary N) is 1. The van der Waals surface area contributed by atoms with Crippen LogP contribution in [0.5, 0.6) is 5.88 Å². The van der Waals surface area contributed by atoms with Crippen LogP contribution in [0.25, 0.3) is 11.3 Å². The molecule has 41 heavy (non-hydrogen) atoms. The van der Waals surface area contributed by atoms with Crippen LogP contribution in [0.3, 0.4) is 0 Å². The lowest BCUT2D eigenvalue weighted by atomic mass is 9.83. The van der Waals surface area contributed by atoms with Gasteiger partial charge >= 0.3 is 6.18 Å². The van der Waals surface area contributed by atoms with Crippen LogP contribution in [-0.4, -0.2) is 69.6 Å². The predicted molar refractivity (Wildman–Crippen MR) is 138 cm³/mol. The molecule has 224 valence electrons. The van der Waals surface area contributed by atoms with Crippen LogP contribution in [-0.2, 0) is 27.5 Å². The predicted octanol–water partition coefficient (Wildman–Crippen LogP) is 3.05. The highest BCUT2D eigenvalue weighted by Gasteiger charge is 2.42. The molecule has 1 saturated heterocycles. The Balaban J connectivity index is 1.67. The number of hydrogen-bond donors (Lipinski definition) is 2. The number of rotatable bonds is 7. The summed E-state index contributed by atoms with van der Waals surface area (Å²) in [7, 11) is -3.27. The van der Waals surface area contributed by atoms with Crippen molar-refractivity contribution < 1.29 is 40.6 Å². The molecule has 1 amide bonds. The van der Waals surface area contributed by atoms with E-state index >= 15 is 0 Å². The highest BCUT2D eigenvalue weighted by atomic mass is 32.2. The summed E-state index contributed by atoms with van der Waals surface area (Å²) in [5.41, 5.74) is -1.49. The molecular weight excluding hydrogens is 570 g/mol. The quantitative estimate of drug-likeness (QED) is 0.461. The lowest BCUT2D eigenvalue weighted by Gasteiger charge is -2.34. The number of carbonyl (C=O) groups excluding carboxylic acids is 1. The molecule has 2 aromatic rings. The molecule has 1 aliphatic carbocycles. The summed E-state index contributed by atoms with van der Waals surface area (Å²) < 4.78 is 82.9. The molecule has 2 atom stereocenters. The first-order valence-corrected chi connectivity index (χ1v) is 14.9. The van der Waals surface area contributed by atoms with Gasteiger partial charge in [0, 0.05) is 35.2 Å². The zero-order valence-corrected chi connectivity index (χ0v) is 23.6. The second kappa shape index (κ2) is 10.9. The summed E-state index contributed by atoms with van der Waals surface area (Å²) in [6.45, 7) is 3.19. The lowest BCUT2D eigenvalue weighted by Crippen LogP contribution is -2.54. The zero-order valence-electron chi connectivity index (χ0n) is 22.8. The SMILES string of the molecule is C[C@@H](n1nc(-c2cc(OCC(F)(F)F)ncc2F)c2c1CC(C(=O)NC1(C#N)CCS(=O)(=O)CC1)CC2)C(C)(C)O. The third-order valence-electron chi connectivity index (χ3n) is 7.79. The molecule has 4 rings (SSSR count). The topological polar surface area (TPSA) is 147 Å². The molecule has 0 saturated carbocycles. The monoisotopic (exact) mass is 601 g/mol. The van der Waals surface area contributed by atoms with Gasteiger partial charge in [-0.3, -0.25) is 9.48 Å². The molecule has 2 aromatic heterocycles. The van der Waals surface area contributed by atoms with E-state index in [1.807, 2.05) is 0 Å². The number of nitriles is 1. The minimum atomic E-state index is -4.62. The second-order valence-electron chi connectivity index (χ2n) is 11.2. The number of halogens is 4. The minimum absolute atomic E-state index is 0.0204. The maximum absolute atomic E-state index is 15.0. The Morgan fingerprint density at radius 3 is 2.59 bits per heavy atom. The van der Waals surface area contributed by atoms with E-state index in [1.54, 1.807) is 20.8 Å². The number of fused-ring (bicyclic) bond motifs is 1. The largest absolute Gasteiger partial charge is 0.468 e. The Labute approximate surface area is 234 Å². The molecule has 2 aliphatic rings. The molecule has 0 radical (unpaired) electrons. The van der Waals surface area contributed by atoms with Gasteiger partial charge in [-0.2, -0.15) is 23.5 Å². The van der Waals surface area contributed by atoms with Crippen LogP contribution in [0.15, 0.2) is 12.3 Å². The van der Waals surface area contributed by atoms with E-state index in [4.69, 9.17) is 4.74 Å². The van der Waals surface area contributed by atoms with Gasteiger partial charge in [0.25, 0.3) is 0 Å². The third-order valence-corrected chi connectivity index (χ3v) is 9.44. The minimum Gasteiger partial charge on any atom is -0.468 e. The van der Waals surface area contributed by atoms with Crippen molar-refractivity contribution in [3.05, 3.63) is 29.3 Å². The number of nitrogens with zero attached hydrogens (tertiary/aromatic N) is 4. The van der Waals surface area contributed by atoms with Gasteiger partial charge in [0.15, 0.2) is 22.3 Å². The van der Waals surface area contributed by atoms with Crippen molar-refractivity contribution in [1.82, 2.24) is 20.1 Å². The highest BCUT2D eigenvalue weighted by Crippen LogP contribution is 2.39. The van der Waals surface area contributed by atoms with Crippen LogP contribution in [0.4, 0.5) is 17.6 Å². The highest BCUT2D eigenvalue weighted by molar-refractivity contribution is 7.91. The number of sulfone groups is 1. The van der Waals surface area contributed by atoms with Crippen LogP contribution >= 0.6 is 0 Å². The van der Waals surface area contributed by atoms with Gasteiger partial charge in [0.2, 0.25) is 11.8 Å². The molecule has 0 bridgehead atoms. The normalized spacial score (nSPS) is 20.9. The van der Waals surface area contributed by atoms with E-state index in [2.05, 4.69) is 21.5 Å². The van der Waals surface area contributed by atoms with Crippen LogP contribution < -0.4 is 10.1 Å². The fourth-order valence-electron chi connectivity index (χ4n) is 5.02. The van der Waals surface area contributed by atoms with Gasteiger partial charge < -0.3 is 15.2 Å². The Hall–Kier alpha value is -3.25. The summed E-state index contributed by atoms with van der Waals surface area (Å²) >= 11 is 0. The van der Waals surface area contributed by atoms with Crippen molar-refractivity contribution in [3.8, 4) is 23.2 Å². The van der Waals surface area contributed by atoms with Gasteiger partial charge in [-0.15, -0.1) is 0 Å². The number of aromatic nitrogens is 3. The summed E-state index contributed by atoms with van der Waals surface area (Å²) in [6, 6.07) is 2.46. The summed E-state index contributed by atoms with van der Waals surface area (Å²) in [6.07, 6.45) is -3.26. The van der Waals surface area contributed by atoms with E-state index in [-0.39, 0.29) is 48.4 Å². The fraction of sp³-hybridized carbons (Fsp3) is 0.615. The Morgan fingerprint density at radius 2 is 2.00 bits per heavy atom. The standard InChI is InChI=1S/C26H31F4N5O5S/c1-15(24(2,3)37)35-20-10-16(23(36)33-25(13-31)6-8-41(38,39)9-7-25)4-5-17(20)22(34-35)18-11-21(32-12-19(18)27)40-14-26(28,29)30/h11-12,15-16,37H,4-10,14H2,1-3H3,(H,33,36)/t15-,16?/m1/s1. The molecule has 2 N–H and O–H groups in total. The summed E-state index contributed by atoms with van der Waals surface area (Å²) in [4.78, 5) is 16.9.